The minimum atomic E-state index is -0.346. The van der Waals surface area contributed by atoms with Crippen molar-refractivity contribution >= 4 is 17.5 Å². The average molecular weight is 352 g/mol. The van der Waals surface area contributed by atoms with Crippen LogP contribution in [0.5, 0.6) is 11.5 Å². The summed E-state index contributed by atoms with van der Waals surface area (Å²) in [5, 5.41) is 5.34. The van der Waals surface area contributed by atoms with E-state index in [1.54, 1.807) is 49.6 Å². The molecule has 0 atom stereocenters. The van der Waals surface area contributed by atoms with E-state index in [0.717, 1.165) is 0 Å². The molecule has 0 aliphatic rings. The highest BCUT2D eigenvalue weighted by Crippen LogP contribution is 2.25. The predicted octanol–water partition coefficient (Wildman–Crippen LogP) is 2.25. The lowest BCUT2D eigenvalue weighted by molar-refractivity contribution is -0.115. The van der Waals surface area contributed by atoms with E-state index in [9.17, 15) is 9.59 Å². The Morgan fingerprint density at radius 1 is 1.12 bits per heavy atom. The van der Waals surface area contributed by atoms with E-state index < -0.39 is 0 Å². The number of carbonyl (C=O) groups excluding carboxylic acids is 2. The highest BCUT2D eigenvalue weighted by molar-refractivity contribution is 6.04. The SMILES string of the molecule is C#CCNC(=O)c1ccccc1NC(=O)Cc1ccc(OC)cc1OC. The van der Waals surface area contributed by atoms with Gasteiger partial charge in [-0.2, -0.15) is 0 Å². The fourth-order valence-corrected chi connectivity index (χ4v) is 2.38. The van der Waals surface area contributed by atoms with Crippen LogP contribution in [-0.4, -0.2) is 32.6 Å². The molecular formula is C20H20N2O4. The number of ether oxygens (including phenoxy) is 2. The van der Waals surface area contributed by atoms with Crippen LogP contribution in [0.1, 0.15) is 15.9 Å². The number of benzene rings is 2. The molecule has 0 aliphatic carbocycles. The van der Waals surface area contributed by atoms with Crippen molar-refractivity contribution in [3.05, 3.63) is 53.6 Å². The Bertz CT molecular complexity index is 840. The maximum atomic E-state index is 12.4. The van der Waals surface area contributed by atoms with Gasteiger partial charge >= 0.3 is 0 Å². The highest BCUT2D eigenvalue weighted by atomic mass is 16.5. The molecule has 0 unspecified atom stereocenters. The molecule has 0 aliphatic heterocycles. The van der Waals surface area contributed by atoms with E-state index in [2.05, 4.69) is 16.6 Å². The zero-order chi connectivity index (χ0) is 18.9. The number of amides is 2. The van der Waals surface area contributed by atoms with Crippen molar-refractivity contribution in [3.63, 3.8) is 0 Å². The average Bonchev–Trinajstić information content (AvgIpc) is 2.66. The predicted molar refractivity (Wildman–Crippen MR) is 99.5 cm³/mol. The number of hydrogen-bond acceptors (Lipinski definition) is 4. The second kappa shape index (κ2) is 9.14. The van der Waals surface area contributed by atoms with Gasteiger partial charge in [0.1, 0.15) is 11.5 Å². The zero-order valence-corrected chi connectivity index (χ0v) is 14.7. The molecular weight excluding hydrogens is 332 g/mol. The molecule has 0 saturated carbocycles. The number of hydrogen-bond donors (Lipinski definition) is 2. The van der Waals surface area contributed by atoms with Crippen LogP contribution in [0.15, 0.2) is 42.5 Å². The van der Waals surface area contributed by atoms with Gasteiger partial charge in [-0.1, -0.05) is 24.1 Å². The largest absolute Gasteiger partial charge is 0.497 e. The van der Waals surface area contributed by atoms with Gasteiger partial charge in [0.2, 0.25) is 5.91 Å². The Kier molecular flexibility index (Phi) is 6.63. The first-order valence-electron chi connectivity index (χ1n) is 7.90. The summed E-state index contributed by atoms with van der Waals surface area (Å²) in [4.78, 5) is 24.6. The van der Waals surface area contributed by atoms with Crippen molar-refractivity contribution in [3.8, 4) is 23.8 Å². The van der Waals surface area contributed by atoms with E-state index >= 15 is 0 Å². The van der Waals surface area contributed by atoms with Gasteiger partial charge in [0.15, 0.2) is 0 Å². The molecule has 2 aromatic rings. The van der Waals surface area contributed by atoms with Crippen molar-refractivity contribution in [2.24, 2.45) is 0 Å². The van der Waals surface area contributed by atoms with Crippen molar-refractivity contribution < 1.29 is 19.1 Å². The molecule has 0 radical (unpaired) electrons. The van der Waals surface area contributed by atoms with E-state index in [0.29, 0.717) is 28.3 Å². The number of methoxy groups -OCH3 is 2. The lowest BCUT2D eigenvalue weighted by atomic mass is 10.1. The molecule has 0 saturated heterocycles. The zero-order valence-electron chi connectivity index (χ0n) is 14.7. The summed E-state index contributed by atoms with van der Waals surface area (Å²) in [7, 11) is 3.09. The van der Waals surface area contributed by atoms with E-state index in [-0.39, 0.29) is 24.8 Å². The van der Waals surface area contributed by atoms with Gasteiger partial charge in [-0.25, -0.2) is 0 Å². The van der Waals surface area contributed by atoms with Crippen molar-refractivity contribution in [1.82, 2.24) is 5.32 Å². The minimum absolute atomic E-state index is 0.0908. The van der Waals surface area contributed by atoms with Crippen LogP contribution in [0.4, 0.5) is 5.69 Å². The molecule has 26 heavy (non-hydrogen) atoms. The van der Waals surface area contributed by atoms with E-state index in [4.69, 9.17) is 15.9 Å². The number of para-hydroxylation sites is 1. The number of anilines is 1. The van der Waals surface area contributed by atoms with Gasteiger partial charge in [0.25, 0.3) is 5.91 Å². The van der Waals surface area contributed by atoms with Crippen molar-refractivity contribution in [2.75, 3.05) is 26.1 Å². The van der Waals surface area contributed by atoms with Gasteiger partial charge < -0.3 is 20.1 Å². The molecule has 0 spiro atoms. The van der Waals surface area contributed by atoms with Crippen LogP contribution in [-0.2, 0) is 11.2 Å². The Morgan fingerprint density at radius 2 is 1.88 bits per heavy atom. The standard InChI is InChI=1S/C20H20N2O4/c1-4-11-21-20(24)16-7-5-6-8-17(16)22-19(23)12-14-9-10-15(25-2)13-18(14)26-3/h1,5-10,13H,11-12H2,2-3H3,(H,21,24)(H,22,23). The van der Waals surface area contributed by atoms with Crippen LogP contribution in [0.3, 0.4) is 0 Å². The molecule has 6 heteroatoms. The lowest BCUT2D eigenvalue weighted by Crippen LogP contribution is -2.25. The van der Waals surface area contributed by atoms with Crippen LogP contribution < -0.4 is 20.1 Å². The van der Waals surface area contributed by atoms with Crippen LogP contribution in [0.2, 0.25) is 0 Å². The van der Waals surface area contributed by atoms with Gasteiger partial charge in [-0.15, -0.1) is 6.42 Å². The third-order valence-corrected chi connectivity index (χ3v) is 3.64. The summed E-state index contributed by atoms with van der Waals surface area (Å²) in [6.45, 7) is 0.115. The molecule has 2 rings (SSSR count). The number of rotatable bonds is 7. The first-order valence-corrected chi connectivity index (χ1v) is 7.90. The number of nitrogens with one attached hydrogen (secondary N) is 2. The van der Waals surface area contributed by atoms with Crippen LogP contribution >= 0.6 is 0 Å². The summed E-state index contributed by atoms with van der Waals surface area (Å²) in [5.74, 6) is 2.92. The third-order valence-electron chi connectivity index (χ3n) is 3.64. The summed E-state index contributed by atoms with van der Waals surface area (Å²) in [6, 6.07) is 12.0. The van der Waals surface area contributed by atoms with Gasteiger partial charge in [-0.05, 0) is 18.2 Å². The maximum Gasteiger partial charge on any atom is 0.254 e. The van der Waals surface area contributed by atoms with Gasteiger partial charge in [-0.3, -0.25) is 9.59 Å². The van der Waals surface area contributed by atoms with Crippen molar-refractivity contribution in [1.29, 1.82) is 0 Å². The third kappa shape index (κ3) is 4.77. The Balaban J connectivity index is 2.14. The first kappa shape index (κ1) is 18.9. The smallest absolute Gasteiger partial charge is 0.254 e. The first-order chi connectivity index (χ1) is 12.6. The monoisotopic (exact) mass is 352 g/mol. The normalized spacial score (nSPS) is 9.73. The molecule has 0 aromatic heterocycles. The topological polar surface area (TPSA) is 76.7 Å². The second-order valence-corrected chi connectivity index (χ2v) is 5.34. The maximum absolute atomic E-state index is 12.4. The summed E-state index contributed by atoms with van der Waals surface area (Å²) in [5.41, 5.74) is 1.47. The Morgan fingerprint density at radius 3 is 2.58 bits per heavy atom. The minimum Gasteiger partial charge on any atom is -0.497 e. The number of terminal acetylenes is 1. The summed E-state index contributed by atoms with van der Waals surface area (Å²) >= 11 is 0. The fraction of sp³-hybridized carbons (Fsp3) is 0.200. The van der Waals surface area contributed by atoms with Gasteiger partial charge in [0, 0.05) is 11.6 Å². The quantitative estimate of drug-likeness (QED) is 0.750. The van der Waals surface area contributed by atoms with Crippen LogP contribution in [0, 0.1) is 12.3 Å². The number of carbonyl (C=O) groups is 2. The van der Waals surface area contributed by atoms with Crippen molar-refractivity contribution in [2.45, 2.75) is 6.42 Å². The van der Waals surface area contributed by atoms with Crippen LogP contribution in [0.25, 0.3) is 0 Å². The molecule has 0 heterocycles. The van der Waals surface area contributed by atoms with E-state index in [1.807, 2.05) is 0 Å². The van der Waals surface area contributed by atoms with E-state index in [1.165, 1.54) is 7.11 Å². The van der Waals surface area contributed by atoms with Gasteiger partial charge in [0.05, 0.1) is 38.4 Å². The fourth-order valence-electron chi connectivity index (χ4n) is 2.38. The molecule has 0 bridgehead atoms. The summed E-state index contributed by atoms with van der Waals surface area (Å²) < 4.78 is 10.4. The molecule has 134 valence electrons. The Hall–Kier alpha value is -3.46. The lowest BCUT2D eigenvalue weighted by Gasteiger charge is -2.12. The molecule has 2 aromatic carbocycles. The summed E-state index contributed by atoms with van der Waals surface area (Å²) in [6.07, 6.45) is 5.24. The Labute approximate surface area is 152 Å². The molecule has 6 nitrogen and oxygen atoms in total. The highest BCUT2D eigenvalue weighted by Gasteiger charge is 2.14. The molecule has 2 N–H and O–H groups in total. The second-order valence-electron chi connectivity index (χ2n) is 5.34. The molecule has 2 amide bonds. The molecule has 0 fully saturated rings.